The van der Waals surface area contributed by atoms with Crippen molar-refractivity contribution in [1.29, 1.82) is 0 Å². The Morgan fingerprint density at radius 2 is 2.35 bits per heavy atom. The van der Waals surface area contributed by atoms with E-state index in [4.69, 9.17) is 4.74 Å². The first-order chi connectivity index (χ1) is 8.04. The first-order valence-corrected chi connectivity index (χ1v) is 6.65. The van der Waals surface area contributed by atoms with E-state index < -0.39 is 0 Å². The molecule has 17 heavy (non-hydrogen) atoms. The van der Waals surface area contributed by atoms with Crippen LogP contribution >= 0.6 is 15.9 Å². The minimum atomic E-state index is -0.294. The van der Waals surface area contributed by atoms with Gasteiger partial charge in [-0.3, -0.25) is 0 Å². The molecular formula is C13H18BrNO2. The summed E-state index contributed by atoms with van der Waals surface area (Å²) in [6.07, 6.45) is 0.847. The molecule has 2 unspecified atom stereocenters. The lowest BCUT2D eigenvalue weighted by Gasteiger charge is -2.21. The van der Waals surface area contributed by atoms with Crippen LogP contribution in [0.1, 0.15) is 12.5 Å². The molecule has 3 nitrogen and oxygen atoms in total. The van der Waals surface area contributed by atoms with E-state index in [2.05, 4.69) is 26.9 Å². The number of likely N-dealkylation sites (N-methyl/N-ethyl adjacent to an activating group) is 1. The molecule has 94 valence electrons. The van der Waals surface area contributed by atoms with Gasteiger partial charge < -0.3 is 14.7 Å². The second-order valence-corrected chi connectivity index (χ2v) is 5.68. The summed E-state index contributed by atoms with van der Waals surface area (Å²) in [5, 5.41) is 9.32. The lowest BCUT2D eigenvalue weighted by Crippen LogP contribution is -2.36. The molecule has 1 aliphatic heterocycles. The molecule has 1 aliphatic rings. The summed E-state index contributed by atoms with van der Waals surface area (Å²) in [7, 11) is 2.01. The summed E-state index contributed by atoms with van der Waals surface area (Å²) < 4.78 is 6.97. The Kier molecular flexibility index (Phi) is 4.07. The number of benzene rings is 1. The van der Waals surface area contributed by atoms with E-state index in [0.29, 0.717) is 6.54 Å². The van der Waals surface area contributed by atoms with Gasteiger partial charge in [-0.05, 0) is 37.7 Å². The molecule has 0 amide bonds. The minimum Gasteiger partial charge on any atom is -0.488 e. The van der Waals surface area contributed by atoms with Crippen molar-refractivity contribution in [3.63, 3.8) is 0 Å². The fourth-order valence-corrected chi connectivity index (χ4v) is 2.67. The van der Waals surface area contributed by atoms with Crippen molar-refractivity contribution in [2.45, 2.75) is 25.6 Å². The van der Waals surface area contributed by atoms with Gasteiger partial charge in [0.2, 0.25) is 0 Å². The zero-order chi connectivity index (χ0) is 12.4. The van der Waals surface area contributed by atoms with Crippen LogP contribution in [0.3, 0.4) is 0 Å². The van der Waals surface area contributed by atoms with Gasteiger partial charge in [0.05, 0.1) is 6.10 Å². The van der Waals surface area contributed by atoms with Gasteiger partial charge in [0.15, 0.2) is 0 Å². The highest BCUT2D eigenvalue weighted by Gasteiger charge is 2.24. The number of hydrogen-bond donors (Lipinski definition) is 1. The average molecular weight is 300 g/mol. The van der Waals surface area contributed by atoms with Gasteiger partial charge in [-0.25, -0.2) is 0 Å². The van der Waals surface area contributed by atoms with Crippen LogP contribution in [0.15, 0.2) is 22.7 Å². The normalized spacial score (nSPS) is 20.2. The molecule has 0 fully saturated rings. The van der Waals surface area contributed by atoms with Gasteiger partial charge in [-0.1, -0.05) is 15.9 Å². The van der Waals surface area contributed by atoms with E-state index in [1.165, 1.54) is 5.56 Å². The Hall–Kier alpha value is -0.580. The first kappa shape index (κ1) is 12.9. The summed E-state index contributed by atoms with van der Waals surface area (Å²) in [6.45, 7) is 3.33. The molecule has 1 aromatic carbocycles. The molecule has 1 N–H and O–H groups in total. The topological polar surface area (TPSA) is 32.7 Å². The molecule has 0 radical (unpaired) electrons. The smallest absolute Gasteiger partial charge is 0.123 e. The number of halogens is 1. The molecule has 2 rings (SSSR count). The van der Waals surface area contributed by atoms with Crippen molar-refractivity contribution in [2.75, 3.05) is 20.1 Å². The Labute approximate surface area is 111 Å². The predicted octanol–water partition coefficient (Wildman–Crippen LogP) is 2.07. The number of rotatable bonds is 4. The number of hydrogen-bond acceptors (Lipinski definition) is 3. The maximum absolute atomic E-state index is 9.32. The quantitative estimate of drug-likeness (QED) is 0.924. The highest BCUT2D eigenvalue weighted by Crippen LogP contribution is 2.31. The highest BCUT2D eigenvalue weighted by atomic mass is 79.9. The van der Waals surface area contributed by atoms with Gasteiger partial charge in [-0.15, -0.1) is 0 Å². The Morgan fingerprint density at radius 1 is 1.59 bits per heavy atom. The average Bonchev–Trinajstić information content (AvgIpc) is 2.57. The summed E-state index contributed by atoms with van der Waals surface area (Å²) in [5.41, 5.74) is 1.26. The van der Waals surface area contributed by atoms with Crippen LogP contribution < -0.4 is 4.74 Å². The Morgan fingerprint density at radius 3 is 3.06 bits per heavy atom. The molecule has 4 heteroatoms. The monoisotopic (exact) mass is 299 g/mol. The van der Waals surface area contributed by atoms with Gasteiger partial charge in [-0.2, -0.15) is 0 Å². The van der Waals surface area contributed by atoms with Crippen LogP contribution in [0, 0.1) is 0 Å². The molecule has 0 aliphatic carbocycles. The second kappa shape index (κ2) is 5.38. The standard InChI is InChI=1S/C13H18BrNO2/c1-9(16)7-15(2)8-12-6-10-5-11(14)3-4-13(10)17-12/h3-5,9,12,16H,6-8H2,1-2H3. The van der Waals surface area contributed by atoms with Crippen LogP contribution in [-0.2, 0) is 6.42 Å². The lowest BCUT2D eigenvalue weighted by atomic mass is 10.1. The van der Waals surface area contributed by atoms with Crippen molar-refractivity contribution < 1.29 is 9.84 Å². The predicted molar refractivity (Wildman–Crippen MR) is 71.4 cm³/mol. The zero-order valence-corrected chi connectivity index (χ0v) is 11.8. The van der Waals surface area contributed by atoms with Gasteiger partial charge in [0, 0.05) is 24.0 Å². The molecule has 0 aromatic heterocycles. The summed E-state index contributed by atoms with van der Waals surface area (Å²) in [5.74, 6) is 0.989. The molecule has 0 saturated carbocycles. The molecule has 1 heterocycles. The van der Waals surface area contributed by atoms with Crippen molar-refractivity contribution in [3.8, 4) is 5.75 Å². The minimum absolute atomic E-state index is 0.197. The molecule has 1 aromatic rings. The van der Waals surface area contributed by atoms with E-state index in [0.717, 1.165) is 23.2 Å². The largest absolute Gasteiger partial charge is 0.488 e. The highest BCUT2D eigenvalue weighted by molar-refractivity contribution is 9.10. The van der Waals surface area contributed by atoms with Crippen molar-refractivity contribution in [3.05, 3.63) is 28.2 Å². The van der Waals surface area contributed by atoms with Gasteiger partial charge in [0.1, 0.15) is 11.9 Å². The molecular weight excluding hydrogens is 282 g/mol. The molecule has 0 spiro atoms. The third-order valence-corrected chi connectivity index (χ3v) is 3.35. The van der Waals surface area contributed by atoms with Crippen molar-refractivity contribution in [2.24, 2.45) is 0 Å². The van der Waals surface area contributed by atoms with Crippen LogP contribution in [-0.4, -0.2) is 42.4 Å². The Bertz CT molecular complexity index is 395. The number of fused-ring (bicyclic) bond motifs is 1. The van der Waals surface area contributed by atoms with Crippen molar-refractivity contribution in [1.82, 2.24) is 4.90 Å². The maximum Gasteiger partial charge on any atom is 0.123 e. The number of nitrogens with zero attached hydrogens (tertiary/aromatic N) is 1. The summed E-state index contributed by atoms with van der Waals surface area (Å²) in [4.78, 5) is 2.11. The maximum atomic E-state index is 9.32. The van der Waals surface area contributed by atoms with E-state index in [-0.39, 0.29) is 12.2 Å². The molecule has 0 saturated heterocycles. The number of aliphatic hydroxyl groups is 1. The fourth-order valence-electron chi connectivity index (χ4n) is 2.26. The van der Waals surface area contributed by atoms with E-state index in [1.54, 1.807) is 6.92 Å². The second-order valence-electron chi connectivity index (χ2n) is 4.77. The van der Waals surface area contributed by atoms with E-state index >= 15 is 0 Å². The van der Waals surface area contributed by atoms with Crippen LogP contribution in [0.4, 0.5) is 0 Å². The lowest BCUT2D eigenvalue weighted by molar-refractivity contribution is 0.110. The van der Waals surface area contributed by atoms with Crippen molar-refractivity contribution >= 4 is 15.9 Å². The zero-order valence-electron chi connectivity index (χ0n) is 10.2. The first-order valence-electron chi connectivity index (χ1n) is 5.86. The fraction of sp³-hybridized carbons (Fsp3) is 0.538. The van der Waals surface area contributed by atoms with Gasteiger partial charge in [0.25, 0.3) is 0 Å². The molecule has 2 atom stereocenters. The van der Waals surface area contributed by atoms with Crippen LogP contribution in [0.2, 0.25) is 0 Å². The van der Waals surface area contributed by atoms with E-state index in [1.807, 2.05) is 19.2 Å². The SMILES string of the molecule is CC(O)CN(C)CC1Cc2cc(Br)ccc2O1. The summed E-state index contributed by atoms with van der Waals surface area (Å²) in [6, 6.07) is 6.12. The summed E-state index contributed by atoms with van der Waals surface area (Å²) >= 11 is 3.47. The number of ether oxygens (including phenoxy) is 1. The van der Waals surface area contributed by atoms with Crippen LogP contribution in [0.5, 0.6) is 5.75 Å². The Balaban J connectivity index is 1.92. The van der Waals surface area contributed by atoms with Crippen LogP contribution in [0.25, 0.3) is 0 Å². The third-order valence-electron chi connectivity index (χ3n) is 2.85. The molecule has 0 bridgehead atoms. The van der Waals surface area contributed by atoms with E-state index in [9.17, 15) is 5.11 Å². The third kappa shape index (κ3) is 3.44. The number of aliphatic hydroxyl groups excluding tert-OH is 1. The van der Waals surface area contributed by atoms with Gasteiger partial charge >= 0.3 is 0 Å².